The molecule has 3 heterocycles. The molecular weight excluding hydrogens is 504 g/mol. The normalized spacial score (nSPS) is 21.1. The van der Waals surface area contributed by atoms with Crippen molar-refractivity contribution in [3.05, 3.63) is 59.5 Å². The Bertz CT molecular complexity index is 1590. The number of aliphatic hydroxyl groups is 1. The highest BCUT2D eigenvalue weighted by Gasteiger charge is 2.44. The van der Waals surface area contributed by atoms with Gasteiger partial charge in [-0.25, -0.2) is 28.1 Å². The number of alkyl halides is 2. The fraction of sp³-hybridized carbons (Fsp3) is 0.320. The third-order valence-corrected chi connectivity index (χ3v) is 8.02. The van der Waals surface area contributed by atoms with Crippen molar-refractivity contribution in [2.75, 3.05) is 0 Å². The van der Waals surface area contributed by atoms with Gasteiger partial charge in [-0.15, -0.1) is 0 Å². The molecule has 0 saturated carbocycles. The van der Waals surface area contributed by atoms with Crippen LogP contribution in [0.4, 0.5) is 8.78 Å². The van der Waals surface area contributed by atoms with Gasteiger partial charge < -0.3 is 14.4 Å². The van der Waals surface area contributed by atoms with E-state index < -0.39 is 34.3 Å². The van der Waals surface area contributed by atoms with Crippen molar-refractivity contribution in [3.63, 3.8) is 0 Å². The minimum Gasteiger partial charge on any atom is -0.434 e. The molecule has 0 saturated heterocycles. The van der Waals surface area contributed by atoms with Crippen LogP contribution in [0, 0.1) is 0 Å². The predicted molar refractivity (Wildman–Crippen MR) is 136 cm³/mol. The van der Waals surface area contributed by atoms with Crippen molar-refractivity contribution in [1.82, 2.24) is 14.3 Å². The summed E-state index contributed by atoms with van der Waals surface area (Å²) in [5.41, 5.74) is 1.82. The Morgan fingerprint density at radius 2 is 2.11 bits per heavy atom. The Morgan fingerprint density at radius 3 is 2.78 bits per heavy atom. The van der Waals surface area contributed by atoms with Gasteiger partial charge in [0.15, 0.2) is 5.84 Å². The van der Waals surface area contributed by atoms with Crippen LogP contribution in [-0.4, -0.2) is 47.8 Å². The first kappa shape index (κ1) is 25.2. The van der Waals surface area contributed by atoms with Gasteiger partial charge in [0.25, 0.3) is 0 Å². The Kier molecular flexibility index (Phi) is 6.00. The topological polar surface area (TPSA) is 118 Å². The monoisotopic (exact) mass is 529 g/mol. The number of imidazole rings is 1. The summed E-state index contributed by atoms with van der Waals surface area (Å²) in [5, 5.41) is 10.2. The molecule has 3 aromatic rings. The molecule has 0 amide bonds. The number of hydrogen-bond acceptors (Lipinski definition) is 6. The molecule has 2 N–H and O–H groups in total. The molecule has 12 heteroatoms. The van der Waals surface area contributed by atoms with E-state index in [1.807, 2.05) is 29.7 Å². The number of halogens is 2. The highest BCUT2D eigenvalue weighted by molar-refractivity contribution is 7.89. The van der Waals surface area contributed by atoms with Crippen LogP contribution in [-0.2, 0) is 10.0 Å². The van der Waals surface area contributed by atoms with E-state index >= 15 is 0 Å². The Balaban J connectivity index is 1.67. The molecule has 194 valence electrons. The Morgan fingerprint density at radius 1 is 1.35 bits per heavy atom. The zero-order chi connectivity index (χ0) is 26.7. The quantitative estimate of drug-likeness (QED) is 0.380. The van der Waals surface area contributed by atoms with Crippen molar-refractivity contribution in [1.29, 1.82) is 0 Å². The fourth-order valence-electron chi connectivity index (χ4n) is 4.87. The van der Waals surface area contributed by atoms with E-state index in [1.165, 1.54) is 18.2 Å². The first-order valence-electron chi connectivity index (χ1n) is 11.5. The Hall–Kier alpha value is -3.48. The first-order chi connectivity index (χ1) is 17.4. The van der Waals surface area contributed by atoms with Crippen LogP contribution in [0.1, 0.15) is 56.2 Å². The van der Waals surface area contributed by atoms with E-state index in [-0.39, 0.29) is 22.0 Å². The van der Waals surface area contributed by atoms with E-state index in [4.69, 9.17) is 4.74 Å². The molecule has 37 heavy (non-hydrogen) atoms. The van der Waals surface area contributed by atoms with Gasteiger partial charge in [0.05, 0.1) is 28.0 Å². The number of hydrogen-bond donors (Lipinski definition) is 2. The minimum atomic E-state index is -3.99. The fourth-order valence-corrected chi connectivity index (χ4v) is 6.36. The number of benzene rings is 2. The number of aromatic nitrogens is 2. The molecule has 0 fully saturated rings. The summed E-state index contributed by atoms with van der Waals surface area (Å²) in [6.45, 7) is 5.31. The van der Waals surface area contributed by atoms with Crippen molar-refractivity contribution in [2.45, 2.75) is 56.4 Å². The van der Waals surface area contributed by atoms with Gasteiger partial charge in [-0.05, 0) is 69.3 Å². The van der Waals surface area contributed by atoms with Gasteiger partial charge >= 0.3 is 6.61 Å². The standard InChI is InChI=1S/C25H25F2N5O4S/c1-13(12-29-23(28-4)25(2,3)33)14-8-9-15-17(10-14)32-18-11-16(22(32)30-15)31-37(34,35)20-7-5-6-19(21(18)20)36-24(26)27/h5-10,12,16,18,24,31,33H,4,11H2,1-3H3/b13-12+,29-23?/t16-,18-/m1/s1. The average Bonchev–Trinajstić information content (AvgIpc) is 3.31. The van der Waals surface area contributed by atoms with Crippen LogP contribution in [0.15, 0.2) is 57.5 Å². The Labute approximate surface area is 212 Å². The van der Waals surface area contributed by atoms with Crippen LogP contribution in [0.5, 0.6) is 5.75 Å². The lowest BCUT2D eigenvalue weighted by molar-refractivity contribution is -0.0508. The van der Waals surface area contributed by atoms with Crippen molar-refractivity contribution < 1.29 is 27.0 Å². The van der Waals surface area contributed by atoms with Crippen LogP contribution >= 0.6 is 0 Å². The highest BCUT2D eigenvalue weighted by atomic mass is 32.2. The molecule has 2 bridgehead atoms. The maximum atomic E-state index is 13.2. The lowest BCUT2D eigenvalue weighted by Crippen LogP contribution is -2.29. The summed E-state index contributed by atoms with van der Waals surface area (Å²) in [4.78, 5) is 12.6. The van der Waals surface area contributed by atoms with E-state index in [9.17, 15) is 22.3 Å². The number of ether oxygens (including phenoxy) is 1. The second kappa shape index (κ2) is 8.82. The van der Waals surface area contributed by atoms with Crippen molar-refractivity contribution in [2.24, 2.45) is 9.98 Å². The largest absolute Gasteiger partial charge is 0.434 e. The third kappa shape index (κ3) is 4.34. The smallest absolute Gasteiger partial charge is 0.387 e. The van der Waals surface area contributed by atoms with Crippen molar-refractivity contribution in [3.8, 4) is 5.75 Å². The second-order valence-corrected chi connectivity index (χ2v) is 11.2. The summed E-state index contributed by atoms with van der Waals surface area (Å²) in [7, 11) is -3.99. The van der Waals surface area contributed by atoms with Crippen LogP contribution in [0.3, 0.4) is 0 Å². The maximum Gasteiger partial charge on any atom is 0.387 e. The number of nitrogens with zero attached hydrogens (tertiary/aromatic N) is 4. The lowest BCUT2D eigenvalue weighted by Gasteiger charge is -2.21. The molecule has 2 aromatic carbocycles. The van der Waals surface area contributed by atoms with Gasteiger partial charge in [-0.2, -0.15) is 8.78 Å². The molecule has 0 aliphatic carbocycles. The molecule has 2 atom stereocenters. The number of fused-ring (bicyclic) bond motifs is 9. The molecule has 2 aliphatic rings. The molecule has 0 radical (unpaired) electrons. The van der Waals surface area contributed by atoms with Crippen LogP contribution in [0.25, 0.3) is 16.6 Å². The van der Waals surface area contributed by atoms with E-state index in [1.54, 1.807) is 20.0 Å². The van der Waals surface area contributed by atoms with Gasteiger partial charge in [0, 0.05) is 11.8 Å². The summed E-state index contributed by atoms with van der Waals surface area (Å²) >= 11 is 0. The van der Waals surface area contributed by atoms with Gasteiger partial charge in [-0.1, -0.05) is 12.1 Å². The number of aliphatic imine (C=N–C) groups is 2. The molecule has 1 aromatic heterocycles. The van der Waals surface area contributed by atoms with E-state index in [0.29, 0.717) is 23.3 Å². The second-order valence-electron chi connectivity index (χ2n) is 9.50. The van der Waals surface area contributed by atoms with Crippen molar-refractivity contribution >= 4 is 39.2 Å². The summed E-state index contributed by atoms with van der Waals surface area (Å²) in [6.07, 6.45) is 1.88. The first-order valence-corrected chi connectivity index (χ1v) is 13.0. The summed E-state index contributed by atoms with van der Waals surface area (Å²) in [5.74, 6) is 0.479. The molecule has 0 spiro atoms. The number of amidine groups is 1. The summed E-state index contributed by atoms with van der Waals surface area (Å²) in [6, 6.07) is 8.44. The van der Waals surface area contributed by atoms with Crippen LogP contribution < -0.4 is 9.46 Å². The highest BCUT2D eigenvalue weighted by Crippen LogP contribution is 2.49. The van der Waals surface area contributed by atoms with Gasteiger partial charge in [0.2, 0.25) is 10.0 Å². The number of nitrogens with one attached hydrogen (secondary N) is 1. The number of rotatable bonds is 5. The molecule has 2 aliphatic heterocycles. The molecular formula is C25H25F2N5O4S. The molecule has 5 rings (SSSR count). The number of sulfonamides is 1. The van der Waals surface area contributed by atoms with E-state index in [2.05, 4.69) is 26.4 Å². The average molecular weight is 530 g/mol. The SMILES string of the molecule is C=NC(=N/C=C(\C)c1ccc2nc3n(c2c1)[C@@H]1C[C@H]3NS(=O)(=O)c2cccc(OC(F)F)c21)C(C)(C)O. The predicted octanol–water partition coefficient (Wildman–Crippen LogP) is 4.19. The van der Waals surface area contributed by atoms with Gasteiger partial charge in [-0.3, -0.25) is 0 Å². The number of allylic oxidation sites excluding steroid dienone is 1. The summed E-state index contributed by atoms with van der Waals surface area (Å²) < 4.78 is 61.9. The molecule has 0 unspecified atom stereocenters. The van der Waals surface area contributed by atoms with Gasteiger partial charge in [0.1, 0.15) is 17.2 Å². The third-order valence-electron chi connectivity index (χ3n) is 6.49. The molecule has 9 nitrogen and oxygen atoms in total. The zero-order valence-corrected chi connectivity index (χ0v) is 21.1. The lowest BCUT2D eigenvalue weighted by atomic mass is 10.0. The van der Waals surface area contributed by atoms with E-state index in [0.717, 1.165) is 11.1 Å². The minimum absolute atomic E-state index is 0.0942. The maximum absolute atomic E-state index is 13.2. The van der Waals surface area contributed by atoms with Crippen LogP contribution in [0.2, 0.25) is 0 Å². The zero-order valence-electron chi connectivity index (χ0n) is 20.3.